The molecule has 1 amide bonds. The summed E-state index contributed by atoms with van der Waals surface area (Å²) in [6.07, 6.45) is 2.13. The summed E-state index contributed by atoms with van der Waals surface area (Å²) in [6, 6.07) is 9.33. The number of hydrogen-bond acceptors (Lipinski definition) is 7. The van der Waals surface area contributed by atoms with E-state index in [9.17, 15) is 9.18 Å². The molecule has 2 aliphatic heterocycles. The number of thioether (sulfide) groups is 1. The van der Waals surface area contributed by atoms with Crippen molar-refractivity contribution in [3.8, 4) is 6.07 Å². The number of aliphatic imine (C=N–C) groups is 1. The summed E-state index contributed by atoms with van der Waals surface area (Å²) in [6.45, 7) is 2.22. The molecule has 1 aromatic carbocycles. The fraction of sp³-hybridized carbons (Fsp3) is 0.333. The number of ether oxygens (including phenoxy) is 1. The summed E-state index contributed by atoms with van der Waals surface area (Å²) in [5.74, 6) is -0.0778. The number of nitriles is 1. The van der Waals surface area contributed by atoms with E-state index in [1.54, 1.807) is 6.07 Å². The molecule has 0 spiro atoms. The third-order valence-corrected chi connectivity index (χ3v) is 6.39. The monoisotopic (exact) mass is 425 g/mol. The molecule has 2 aliphatic rings. The van der Waals surface area contributed by atoms with Crippen LogP contribution in [0.25, 0.3) is 0 Å². The van der Waals surface area contributed by atoms with E-state index in [2.05, 4.69) is 15.3 Å². The number of rotatable bonds is 3. The highest BCUT2D eigenvalue weighted by Crippen LogP contribution is 2.47. The molecule has 0 saturated carbocycles. The first-order chi connectivity index (χ1) is 14.4. The Balaban J connectivity index is 1.66. The van der Waals surface area contributed by atoms with Gasteiger partial charge in [-0.2, -0.15) is 5.26 Å². The first-order valence-electron chi connectivity index (χ1n) is 9.48. The molecule has 3 atom stereocenters. The van der Waals surface area contributed by atoms with E-state index < -0.39 is 17.3 Å². The summed E-state index contributed by atoms with van der Waals surface area (Å²) in [4.78, 5) is 21.2. The van der Waals surface area contributed by atoms with Crippen molar-refractivity contribution in [2.24, 2.45) is 16.6 Å². The number of halogens is 1. The maximum atomic E-state index is 15.0. The molecule has 0 radical (unpaired) electrons. The molecule has 7 nitrogen and oxygen atoms in total. The summed E-state index contributed by atoms with van der Waals surface area (Å²) in [7, 11) is 0. The highest BCUT2D eigenvalue weighted by Gasteiger charge is 2.48. The van der Waals surface area contributed by atoms with Crippen molar-refractivity contribution >= 4 is 28.5 Å². The van der Waals surface area contributed by atoms with Gasteiger partial charge in [0.15, 0.2) is 5.17 Å². The van der Waals surface area contributed by atoms with Gasteiger partial charge < -0.3 is 15.8 Å². The quantitative estimate of drug-likeness (QED) is 0.781. The standard InChI is InChI=1S/C21H20FN5O2S/c1-12-6-14-10-30-20(24)27-21(14,11-29-12)16-7-15(3-4-17(16)22)26-19(28)18-5-2-13(8-23)9-25-18/h2-5,7,9,12,14H,6,10-11H2,1H3,(H2,24,27)(H,26,28). The van der Waals surface area contributed by atoms with Crippen LogP contribution in [0, 0.1) is 23.1 Å². The number of anilines is 1. The van der Waals surface area contributed by atoms with Crippen molar-refractivity contribution < 1.29 is 13.9 Å². The molecule has 0 bridgehead atoms. The van der Waals surface area contributed by atoms with Crippen LogP contribution in [0.4, 0.5) is 10.1 Å². The van der Waals surface area contributed by atoms with E-state index in [4.69, 9.17) is 15.7 Å². The van der Waals surface area contributed by atoms with Gasteiger partial charge in [-0.3, -0.25) is 4.79 Å². The number of nitrogens with two attached hydrogens (primary N) is 1. The molecule has 30 heavy (non-hydrogen) atoms. The molecule has 1 saturated heterocycles. The van der Waals surface area contributed by atoms with Gasteiger partial charge in [-0.25, -0.2) is 14.4 Å². The van der Waals surface area contributed by atoms with E-state index in [0.29, 0.717) is 22.0 Å². The van der Waals surface area contributed by atoms with E-state index in [0.717, 1.165) is 12.2 Å². The molecule has 154 valence electrons. The van der Waals surface area contributed by atoms with Crippen LogP contribution >= 0.6 is 11.8 Å². The molecular weight excluding hydrogens is 405 g/mol. The van der Waals surface area contributed by atoms with Crippen molar-refractivity contribution in [1.82, 2.24) is 4.98 Å². The number of pyridine rings is 1. The van der Waals surface area contributed by atoms with Crippen LogP contribution in [0.15, 0.2) is 41.5 Å². The fourth-order valence-corrected chi connectivity index (χ4v) is 4.89. The molecule has 4 rings (SSSR count). The predicted octanol–water partition coefficient (Wildman–Crippen LogP) is 3.03. The van der Waals surface area contributed by atoms with Gasteiger partial charge in [0.2, 0.25) is 0 Å². The number of hydrogen-bond donors (Lipinski definition) is 2. The normalized spacial score (nSPS) is 25.6. The van der Waals surface area contributed by atoms with Crippen LogP contribution in [-0.2, 0) is 10.3 Å². The molecular formula is C21H20FN5O2S. The molecule has 9 heteroatoms. The summed E-state index contributed by atoms with van der Waals surface area (Å²) < 4.78 is 20.8. The smallest absolute Gasteiger partial charge is 0.274 e. The number of amides is 1. The lowest BCUT2D eigenvalue weighted by Gasteiger charge is -2.45. The van der Waals surface area contributed by atoms with E-state index in [1.807, 2.05) is 13.0 Å². The molecule has 1 fully saturated rings. The van der Waals surface area contributed by atoms with E-state index >= 15 is 0 Å². The van der Waals surface area contributed by atoms with Crippen molar-refractivity contribution in [1.29, 1.82) is 5.26 Å². The average molecular weight is 425 g/mol. The van der Waals surface area contributed by atoms with Gasteiger partial charge >= 0.3 is 0 Å². The number of carbonyl (C=O) groups excluding carboxylic acids is 1. The minimum absolute atomic E-state index is 0.0617. The lowest BCUT2D eigenvalue weighted by molar-refractivity contribution is -0.0476. The Morgan fingerprint density at radius 3 is 3.00 bits per heavy atom. The third-order valence-electron chi connectivity index (χ3n) is 5.44. The molecule has 0 aliphatic carbocycles. The van der Waals surface area contributed by atoms with Gasteiger partial charge in [0.25, 0.3) is 5.91 Å². The van der Waals surface area contributed by atoms with Crippen molar-refractivity contribution in [3.63, 3.8) is 0 Å². The van der Waals surface area contributed by atoms with Crippen LogP contribution in [0.5, 0.6) is 0 Å². The van der Waals surface area contributed by atoms with E-state index in [-0.39, 0.29) is 24.3 Å². The Hall–Kier alpha value is -2.96. The average Bonchev–Trinajstić information content (AvgIpc) is 2.75. The molecule has 3 heterocycles. The van der Waals surface area contributed by atoms with Gasteiger partial charge in [0, 0.05) is 29.1 Å². The van der Waals surface area contributed by atoms with Crippen LogP contribution in [0.2, 0.25) is 0 Å². The zero-order chi connectivity index (χ0) is 21.3. The molecule has 2 aromatic rings. The largest absolute Gasteiger partial charge is 0.379 e. The second-order valence-corrected chi connectivity index (χ2v) is 8.47. The lowest BCUT2D eigenvalue weighted by Crippen LogP contribution is -2.50. The maximum absolute atomic E-state index is 15.0. The zero-order valence-electron chi connectivity index (χ0n) is 16.3. The number of nitrogens with zero attached hydrogens (tertiary/aromatic N) is 3. The molecule has 3 N–H and O–H groups in total. The topological polar surface area (TPSA) is 113 Å². The Labute approximate surface area is 177 Å². The van der Waals surface area contributed by atoms with Crippen molar-refractivity contribution in [3.05, 3.63) is 59.2 Å². The second kappa shape index (κ2) is 8.05. The summed E-state index contributed by atoms with van der Waals surface area (Å²) in [5, 5.41) is 12.0. The minimum atomic E-state index is -0.917. The molecule has 3 unspecified atom stereocenters. The number of aromatic nitrogens is 1. The van der Waals surface area contributed by atoms with Gasteiger partial charge in [-0.1, -0.05) is 11.8 Å². The number of fused-ring (bicyclic) bond motifs is 1. The summed E-state index contributed by atoms with van der Waals surface area (Å²) in [5.41, 5.74) is 6.37. The van der Waals surface area contributed by atoms with E-state index in [1.165, 1.54) is 42.2 Å². The van der Waals surface area contributed by atoms with Crippen LogP contribution in [-0.4, -0.2) is 34.5 Å². The van der Waals surface area contributed by atoms with Crippen LogP contribution in [0.1, 0.15) is 35.0 Å². The number of nitrogens with one attached hydrogen (secondary N) is 1. The first kappa shape index (κ1) is 20.3. The summed E-state index contributed by atoms with van der Waals surface area (Å²) >= 11 is 1.47. The van der Waals surface area contributed by atoms with Gasteiger partial charge in [-0.15, -0.1) is 0 Å². The highest BCUT2D eigenvalue weighted by atomic mass is 32.2. The number of amidine groups is 1. The van der Waals surface area contributed by atoms with Gasteiger partial charge in [-0.05, 0) is 43.7 Å². The van der Waals surface area contributed by atoms with Crippen LogP contribution < -0.4 is 11.1 Å². The van der Waals surface area contributed by atoms with Crippen molar-refractivity contribution in [2.75, 3.05) is 17.7 Å². The van der Waals surface area contributed by atoms with Crippen LogP contribution in [0.3, 0.4) is 0 Å². The predicted molar refractivity (Wildman–Crippen MR) is 113 cm³/mol. The second-order valence-electron chi connectivity index (χ2n) is 7.43. The number of benzene rings is 1. The minimum Gasteiger partial charge on any atom is -0.379 e. The Bertz CT molecular complexity index is 1050. The SMILES string of the molecule is CC1CC2CSC(N)=NC2(c2cc(NC(=O)c3ccc(C#N)cn3)ccc2F)CO1. The Morgan fingerprint density at radius 1 is 1.43 bits per heavy atom. The lowest BCUT2D eigenvalue weighted by atomic mass is 9.75. The Morgan fingerprint density at radius 2 is 2.27 bits per heavy atom. The zero-order valence-corrected chi connectivity index (χ0v) is 17.1. The van der Waals surface area contributed by atoms with Crippen molar-refractivity contribution in [2.45, 2.75) is 25.0 Å². The molecule has 1 aromatic heterocycles. The number of carbonyl (C=O) groups is 1. The third kappa shape index (κ3) is 3.76. The fourth-order valence-electron chi connectivity index (χ4n) is 3.88. The first-order valence-corrected chi connectivity index (χ1v) is 10.5. The maximum Gasteiger partial charge on any atom is 0.274 e. The highest BCUT2D eigenvalue weighted by molar-refractivity contribution is 8.13. The van der Waals surface area contributed by atoms with Gasteiger partial charge in [0.1, 0.15) is 23.1 Å². The van der Waals surface area contributed by atoms with Gasteiger partial charge in [0.05, 0.1) is 18.3 Å². The Kier molecular flexibility index (Phi) is 5.45.